The molecule has 1 aromatic rings. The van der Waals surface area contributed by atoms with Gasteiger partial charge in [-0.2, -0.15) is 0 Å². The van der Waals surface area contributed by atoms with Crippen molar-refractivity contribution in [2.24, 2.45) is 0 Å². The fraction of sp³-hybridized carbons (Fsp3) is 0.571. The molecule has 15 heavy (non-hydrogen) atoms. The lowest BCUT2D eigenvalue weighted by Crippen LogP contribution is -2.27. The standard InChI is InChI=1S/C12H17N.C2H6/c1-3-10-5-4-6-11-9-13(2)8-7-12(10)11;1-2/h4-6H,3,7-9H2,1-2H3;1-2H3. The molecular weight excluding hydrogens is 182 g/mol. The van der Waals surface area contributed by atoms with E-state index >= 15 is 0 Å². The van der Waals surface area contributed by atoms with Gasteiger partial charge in [0.25, 0.3) is 0 Å². The Balaban J connectivity index is 0.000000531. The SMILES string of the molecule is CC.CCc1cccc2c1CCN(C)C2. The minimum atomic E-state index is 1.13. The Morgan fingerprint density at radius 1 is 1.27 bits per heavy atom. The van der Waals surface area contributed by atoms with Crippen LogP contribution in [0.2, 0.25) is 0 Å². The Labute approximate surface area is 94.1 Å². The lowest BCUT2D eigenvalue weighted by molar-refractivity contribution is 0.312. The minimum absolute atomic E-state index is 1.13. The number of rotatable bonds is 1. The number of aryl methyl sites for hydroxylation is 1. The van der Waals surface area contributed by atoms with Gasteiger partial charge in [-0.25, -0.2) is 0 Å². The van der Waals surface area contributed by atoms with Crippen LogP contribution in [0.25, 0.3) is 0 Å². The Kier molecular flexibility index (Phi) is 4.83. The molecule has 0 saturated heterocycles. The van der Waals surface area contributed by atoms with E-state index in [1.165, 1.54) is 24.9 Å². The van der Waals surface area contributed by atoms with E-state index in [1.54, 1.807) is 11.1 Å². The number of hydrogen-bond acceptors (Lipinski definition) is 1. The van der Waals surface area contributed by atoms with Crippen molar-refractivity contribution in [2.45, 2.75) is 40.2 Å². The summed E-state index contributed by atoms with van der Waals surface area (Å²) in [7, 11) is 2.20. The lowest BCUT2D eigenvalue weighted by atomic mass is 9.94. The van der Waals surface area contributed by atoms with Gasteiger partial charge in [-0.1, -0.05) is 39.0 Å². The first-order chi connectivity index (χ1) is 7.31. The average Bonchev–Trinajstić information content (AvgIpc) is 2.30. The van der Waals surface area contributed by atoms with Gasteiger partial charge in [-0.05, 0) is 36.6 Å². The molecule has 1 aliphatic rings. The number of likely N-dealkylation sites (N-methyl/N-ethyl adjacent to an activating group) is 1. The lowest BCUT2D eigenvalue weighted by Gasteiger charge is -2.26. The molecule has 1 heteroatoms. The first-order valence-corrected chi connectivity index (χ1v) is 6.09. The van der Waals surface area contributed by atoms with E-state index < -0.39 is 0 Å². The van der Waals surface area contributed by atoms with Crippen molar-refractivity contribution < 1.29 is 0 Å². The normalized spacial score (nSPS) is 15.2. The van der Waals surface area contributed by atoms with Crippen LogP contribution in [0.3, 0.4) is 0 Å². The zero-order valence-corrected chi connectivity index (χ0v) is 10.5. The number of fused-ring (bicyclic) bond motifs is 1. The Morgan fingerprint density at radius 3 is 2.67 bits per heavy atom. The van der Waals surface area contributed by atoms with Gasteiger partial charge in [0.1, 0.15) is 0 Å². The smallest absolute Gasteiger partial charge is 0.0233 e. The van der Waals surface area contributed by atoms with Gasteiger partial charge in [0.05, 0.1) is 0 Å². The molecule has 0 N–H and O–H groups in total. The molecule has 0 bridgehead atoms. The average molecular weight is 205 g/mol. The summed E-state index contributed by atoms with van der Waals surface area (Å²) in [5.74, 6) is 0. The van der Waals surface area contributed by atoms with Crippen LogP contribution in [0.15, 0.2) is 18.2 Å². The molecule has 1 aliphatic heterocycles. The van der Waals surface area contributed by atoms with E-state index in [9.17, 15) is 0 Å². The summed E-state index contributed by atoms with van der Waals surface area (Å²) >= 11 is 0. The maximum Gasteiger partial charge on any atom is 0.0233 e. The third kappa shape index (κ3) is 2.82. The molecule has 1 nitrogen and oxygen atoms in total. The fourth-order valence-corrected chi connectivity index (χ4v) is 2.16. The molecule has 0 unspecified atom stereocenters. The van der Waals surface area contributed by atoms with Crippen molar-refractivity contribution >= 4 is 0 Å². The second-order valence-corrected chi connectivity index (χ2v) is 3.90. The van der Waals surface area contributed by atoms with Crippen molar-refractivity contribution in [2.75, 3.05) is 13.6 Å². The van der Waals surface area contributed by atoms with Crippen LogP contribution in [0.5, 0.6) is 0 Å². The van der Waals surface area contributed by atoms with E-state index in [-0.39, 0.29) is 0 Å². The number of benzene rings is 1. The Hall–Kier alpha value is -0.820. The molecule has 84 valence electrons. The molecule has 2 rings (SSSR count). The van der Waals surface area contributed by atoms with Gasteiger partial charge < -0.3 is 4.90 Å². The maximum atomic E-state index is 2.39. The summed E-state index contributed by atoms with van der Waals surface area (Å²) in [6.07, 6.45) is 2.41. The highest BCUT2D eigenvalue weighted by molar-refractivity contribution is 5.36. The molecule has 0 saturated carbocycles. The molecule has 0 fully saturated rings. The summed E-state index contributed by atoms with van der Waals surface area (Å²) in [5, 5.41) is 0. The summed E-state index contributed by atoms with van der Waals surface area (Å²) < 4.78 is 0. The highest BCUT2D eigenvalue weighted by Gasteiger charge is 2.14. The van der Waals surface area contributed by atoms with E-state index in [2.05, 4.69) is 37.1 Å². The first-order valence-electron chi connectivity index (χ1n) is 6.09. The topological polar surface area (TPSA) is 3.24 Å². The quantitative estimate of drug-likeness (QED) is 0.680. The fourth-order valence-electron chi connectivity index (χ4n) is 2.16. The van der Waals surface area contributed by atoms with Gasteiger partial charge in [0, 0.05) is 13.1 Å². The van der Waals surface area contributed by atoms with E-state index in [0.717, 1.165) is 6.54 Å². The molecule has 0 aromatic heterocycles. The van der Waals surface area contributed by atoms with Gasteiger partial charge >= 0.3 is 0 Å². The van der Waals surface area contributed by atoms with Crippen LogP contribution in [0.4, 0.5) is 0 Å². The van der Waals surface area contributed by atoms with Crippen molar-refractivity contribution in [1.29, 1.82) is 0 Å². The molecule has 0 spiro atoms. The molecule has 0 atom stereocenters. The van der Waals surface area contributed by atoms with Crippen molar-refractivity contribution in [3.63, 3.8) is 0 Å². The van der Waals surface area contributed by atoms with Crippen LogP contribution in [0, 0.1) is 0 Å². The maximum absolute atomic E-state index is 2.39. The molecule has 1 heterocycles. The Morgan fingerprint density at radius 2 is 2.00 bits per heavy atom. The van der Waals surface area contributed by atoms with E-state index in [4.69, 9.17) is 0 Å². The largest absolute Gasteiger partial charge is 0.302 e. The predicted octanol–water partition coefficient (Wildman–Crippen LogP) is 3.26. The number of hydrogen-bond donors (Lipinski definition) is 0. The monoisotopic (exact) mass is 205 g/mol. The van der Waals surface area contributed by atoms with E-state index in [0.29, 0.717) is 0 Å². The van der Waals surface area contributed by atoms with Crippen LogP contribution in [0.1, 0.15) is 37.5 Å². The molecular formula is C14H23N. The minimum Gasteiger partial charge on any atom is -0.302 e. The second kappa shape index (κ2) is 5.92. The van der Waals surface area contributed by atoms with E-state index in [1.807, 2.05) is 13.8 Å². The van der Waals surface area contributed by atoms with Crippen molar-refractivity contribution in [1.82, 2.24) is 4.90 Å². The van der Waals surface area contributed by atoms with Crippen LogP contribution in [-0.2, 0) is 19.4 Å². The first kappa shape index (κ1) is 12.3. The van der Waals surface area contributed by atoms with Gasteiger partial charge in [0.2, 0.25) is 0 Å². The zero-order chi connectivity index (χ0) is 11.3. The summed E-state index contributed by atoms with van der Waals surface area (Å²) in [5.41, 5.74) is 4.70. The second-order valence-electron chi connectivity index (χ2n) is 3.90. The molecule has 1 aromatic carbocycles. The van der Waals surface area contributed by atoms with Gasteiger partial charge in [-0.15, -0.1) is 0 Å². The van der Waals surface area contributed by atoms with Crippen LogP contribution in [-0.4, -0.2) is 18.5 Å². The zero-order valence-electron chi connectivity index (χ0n) is 10.5. The molecule has 0 radical (unpaired) electrons. The summed E-state index contributed by atoms with van der Waals surface area (Å²) in [4.78, 5) is 2.39. The third-order valence-corrected chi connectivity index (χ3v) is 2.93. The number of nitrogens with zero attached hydrogens (tertiary/aromatic N) is 1. The van der Waals surface area contributed by atoms with Gasteiger partial charge in [0.15, 0.2) is 0 Å². The summed E-state index contributed by atoms with van der Waals surface area (Å²) in [6, 6.07) is 6.73. The van der Waals surface area contributed by atoms with Crippen molar-refractivity contribution in [3.05, 3.63) is 34.9 Å². The third-order valence-electron chi connectivity index (χ3n) is 2.93. The molecule has 0 aliphatic carbocycles. The summed E-state index contributed by atoms with van der Waals surface area (Å²) in [6.45, 7) is 8.58. The van der Waals surface area contributed by atoms with Crippen LogP contribution >= 0.6 is 0 Å². The van der Waals surface area contributed by atoms with Crippen molar-refractivity contribution in [3.8, 4) is 0 Å². The van der Waals surface area contributed by atoms with Gasteiger partial charge in [-0.3, -0.25) is 0 Å². The highest BCUT2D eigenvalue weighted by Crippen LogP contribution is 2.21. The Bertz CT molecular complexity index is 304. The molecule has 0 amide bonds. The van der Waals surface area contributed by atoms with Crippen LogP contribution < -0.4 is 0 Å². The highest BCUT2D eigenvalue weighted by atomic mass is 15.1. The predicted molar refractivity (Wildman–Crippen MR) is 67.2 cm³/mol.